The van der Waals surface area contributed by atoms with Gasteiger partial charge in [-0.3, -0.25) is 25.0 Å². The van der Waals surface area contributed by atoms with Crippen molar-refractivity contribution in [1.29, 1.82) is 0 Å². The summed E-state index contributed by atoms with van der Waals surface area (Å²) >= 11 is 0. The maximum atomic E-state index is 14.6. The van der Waals surface area contributed by atoms with Gasteiger partial charge in [0.1, 0.15) is 11.7 Å². The number of nitrogens with one attached hydrogen (secondary N) is 2. The van der Waals surface area contributed by atoms with Crippen LogP contribution in [0, 0.1) is 5.82 Å². The molecular formula is C24H19F4N3O5. The first-order chi connectivity index (χ1) is 17.0. The summed E-state index contributed by atoms with van der Waals surface area (Å²) in [6.45, 7) is 0.434. The van der Waals surface area contributed by atoms with E-state index in [1.807, 2.05) is 10.6 Å². The zero-order valence-electron chi connectivity index (χ0n) is 18.5. The van der Waals surface area contributed by atoms with Gasteiger partial charge in [-0.2, -0.15) is 13.2 Å². The molecule has 2 N–H and O–H groups in total. The number of benzene rings is 2. The van der Waals surface area contributed by atoms with Crippen molar-refractivity contribution in [3.63, 3.8) is 0 Å². The van der Waals surface area contributed by atoms with E-state index < -0.39 is 47.4 Å². The lowest BCUT2D eigenvalue weighted by Gasteiger charge is -2.32. The fraction of sp³-hybridized carbons (Fsp3) is 0.250. The number of urea groups is 1. The molecule has 0 aliphatic carbocycles. The molecule has 0 radical (unpaired) electrons. The first kappa shape index (κ1) is 24.9. The van der Waals surface area contributed by atoms with Crippen LogP contribution in [0.25, 0.3) is 6.08 Å². The van der Waals surface area contributed by atoms with Crippen LogP contribution >= 0.6 is 0 Å². The number of hydrogen-bond donors (Lipinski definition) is 2. The van der Waals surface area contributed by atoms with E-state index in [2.05, 4.69) is 0 Å². The Morgan fingerprint density at radius 1 is 1.00 bits per heavy atom. The molecule has 0 atom stereocenters. The summed E-state index contributed by atoms with van der Waals surface area (Å²) in [6.07, 6.45) is -3.19. The number of rotatable bonds is 4. The molecular weight excluding hydrogens is 486 g/mol. The molecule has 4 rings (SSSR count). The first-order valence-electron chi connectivity index (χ1n) is 10.8. The average Bonchev–Trinajstić information content (AvgIpc) is 2.82. The van der Waals surface area contributed by atoms with Crippen LogP contribution in [0.2, 0.25) is 0 Å². The Bertz CT molecular complexity index is 1240. The number of nitrogens with zero attached hydrogens (tertiary/aromatic N) is 1. The minimum atomic E-state index is -4.55. The van der Waals surface area contributed by atoms with Gasteiger partial charge in [0.15, 0.2) is 11.6 Å². The minimum absolute atomic E-state index is 0.0651. The van der Waals surface area contributed by atoms with Crippen LogP contribution in [-0.2, 0) is 15.8 Å². The van der Waals surface area contributed by atoms with Gasteiger partial charge in [0.2, 0.25) is 0 Å². The molecule has 8 nitrogen and oxygen atoms in total. The van der Waals surface area contributed by atoms with E-state index in [4.69, 9.17) is 4.74 Å². The van der Waals surface area contributed by atoms with Crippen LogP contribution in [0.15, 0.2) is 48.0 Å². The van der Waals surface area contributed by atoms with Gasteiger partial charge in [-0.25, -0.2) is 9.18 Å². The summed E-state index contributed by atoms with van der Waals surface area (Å²) in [5, 5.41) is 3.83. The summed E-state index contributed by atoms with van der Waals surface area (Å²) in [4.78, 5) is 48.8. The number of halogens is 4. The molecule has 0 saturated carbocycles. The SMILES string of the molecule is O=C1NC(=O)C(=Cc2ccc(OC3CCN(C(=O)c4cccc(C(F)(F)F)c4)CC3)c(F)c2)C(=O)N1. The average molecular weight is 505 g/mol. The molecule has 0 bridgehead atoms. The molecule has 12 heteroatoms. The summed E-state index contributed by atoms with van der Waals surface area (Å²) in [5.74, 6) is -3.17. The molecule has 0 aromatic heterocycles. The Hall–Kier alpha value is -4.22. The van der Waals surface area contributed by atoms with Crippen LogP contribution in [-0.4, -0.2) is 47.8 Å². The number of alkyl halides is 3. The smallest absolute Gasteiger partial charge is 0.416 e. The van der Waals surface area contributed by atoms with Crippen LogP contribution < -0.4 is 15.4 Å². The highest BCUT2D eigenvalue weighted by atomic mass is 19.4. The quantitative estimate of drug-likeness (QED) is 0.377. The van der Waals surface area contributed by atoms with Crippen molar-refractivity contribution >= 4 is 29.8 Å². The fourth-order valence-corrected chi connectivity index (χ4v) is 3.84. The highest BCUT2D eigenvalue weighted by Crippen LogP contribution is 2.30. The number of carbonyl (C=O) groups excluding carboxylic acids is 4. The third-order valence-electron chi connectivity index (χ3n) is 5.67. The van der Waals surface area contributed by atoms with Gasteiger partial charge in [0, 0.05) is 31.5 Å². The second kappa shape index (κ2) is 9.80. The molecule has 2 aromatic rings. The van der Waals surface area contributed by atoms with Crippen LogP contribution in [0.4, 0.5) is 22.4 Å². The van der Waals surface area contributed by atoms with Crippen LogP contribution in [0.3, 0.4) is 0 Å². The molecule has 5 amide bonds. The lowest BCUT2D eigenvalue weighted by molar-refractivity contribution is -0.137. The Labute approximate surface area is 201 Å². The Kier molecular flexibility index (Phi) is 6.77. The summed E-state index contributed by atoms with van der Waals surface area (Å²) in [6, 6.07) is 7.08. The van der Waals surface area contributed by atoms with Crippen molar-refractivity contribution in [2.45, 2.75) is 25.1 Å². The van der Waals surface area contributed by atoms with Crippen molar-refractivity contribution in [2.75, 3.05) is 13.1 Å². The van der Waals surface area contributed by atoms with Gasteiger partial charge in [-0.15, -0.1) is 0 Å². The monoisotopic (exact) mass is 505 g/mol. The van der Waals surface area contributed by atoms with E-state index >= 15 is 0 Å². The molecule has 2 saturated heterocycles. The Balaban J connectivity index is 1.37. The highest BCUT2D eigenvalue weighted by molar-refractivity contribution is 6.31. The third kappa shape index (κ3) is 5.53. The molecule has 188 valence electrons. The number of barbiturate groups is 1. The summed E-state index contributed by atoms with van der Waals surface area (Å²) < 4.78 is 59.1. The molecule has 0 unspecified atom stereocenters. The van der Waals surface area contributed by atoms with Gasteiger partial charge >= 0.3 is 12.2 Å². The van der Waals surface area contributed by atoms with Crippen LogP contribution in [0.5, 0.6) is 5.75 Å². The lowest BCUT2D eigenvalue weighted by atomic mass is 10.0. The molecule has 0 spiro atoms. The topological polar surface area (TPSA) is 105 Å². The molecule has 2 fully saturated rings. The highest BCUT2D eigenvalue weighted by Gasteiger charge is 2.32. The van der Waals surface area contributed by atoms with Crippen molar-refractivity contribution < 1.29 is 41.5 Å². The predicted octanol–water partition coefficient (Wildman–Crippen LogP) is 3.28. The van der Waals surface area contributed by atoms with E-state index in [0.717, 1.165) is 24.3 Å². The van der Waals surface area contributed by atoms with E-state index in [1.54, 1.807) is 0 Å². The Morgan fingerprint density at radius 2 is 1.67 bits per heavy atom. The number of amides is 5. The number of likely N-dealkylation sites (tertiary alicyclic amines) is 1. The normalized spacial score (nSPS) is 16.9. The van der Waals surface area contributed by atoms with Crippen molar-refractivity contribution in [3.05, 3.63) is 70.5 Å². The van der Waals surface area contributed by atoms with Crippen molar-refractivity contribution in [1.82, 2.24) is 15.5 Å². The number of hydrogen-bond acceptors (Lipinski definition) is 5. The van der Waals surface area contributed by atoms with Gasteiger partial charge in [-0.1, -0.05) is 12.1 Å². The standard InChI is InChI=1S/C24H19F4N3O5/c25-18-11-13(10-17-20(32)29-23(35)30-21(17)33)4-5-19(18)36-16-6-8-31(9-7-16)22(34)14-2-1-3-15(12-14)24(26,27)28/h1-5,10-12,16H,6-9H2,(H2,29,30,32,33,35). The van der Waals surface area contributed by atoms with Gasteiger partial charge in [0.05, 0.1) is 5.56 Å². The second-order valence-electron chi connectivity index (χ2n) is 8.17. The molecule has 2 aliphatic rings. The summed E-state index contributed by atoms with van der Waals surface area (Å²) in [7, 11) is 0. The summed E-state index contributed by atoms with van der Waals surface area (Å²) in [5.41, 5.74) is -1.14. The zero-order chi connectivity index (χ0) is 26.0. The second-order valence-corrected chi connectivity index (χ2v) is 8.17. The van der Waals surface area contributed by atoms with Crippen LogP contribution in [0.1, 0.15) is 34.3 Å². The fourth-order valence-electron chi connectivity index (χ4n) is 3.84. The number of piperidine rings is 1. The first-order valence-corrected chi connectivity index (χ1v) is 10.8. The number of carbonyl (C=O) groups is 4. The maximum Gasteiger partial charge on any atom is 0.416 e. The van der Waals surface area contributed by atoms with Crippen molar-refractivity contribution in [3.8, 4) is 5.75 Å². The van der Waals surface area contributed by atoms with Gasteiger partial charge < -0.3 is 9.64 Å². The molecule has 2 aliphatic heterocycles. The molecule has 2 heterocycles. The Morgan fingerprint density at radius 3 is 2.28 bits per heavy atom. The predicted molar refractivity (Wildman–Crippen MR) is 117 cm³/mol. The largest absolute Gasteiger partial charge is 0.487 e. The van der Waals surface area contributed by atoms with Crippen molar-refractivity contribution in [2.24, 2.45) is 0 Å². The number of imide groups is 2. The van der Waals surface area contributed by atoms with E-state index in [-0.39, 0.29) is 35.5 Å². The maximum absolute atomic E-state index is 14.6. The van der Waals surface area contributed by atoms with Gasteiger partial charge in [-0.05, 0) is 42.0 Å². The minimum Gasteiger partial charge on any atom is -0.487 e. The van der Waals surface area contributed by atoms with E-state index in [9.17, 15) is 36.7 Å². The van der Waals surface area contributed by atoms with E-state index in [0.29, 0.717) is 12.8 Å². The third-order valence-corrected chi connectivity index (χ3v) is 5.67. The number of ether oxygens (including phenoxy) is 1. The van der Waals surface area contributed by atoms with Gasteiger partial charge in [0.25, 0.3) is 17.7 Å². The molecule has 2 aromatic carbocycles. The lowest BCUT2D eigenvalue weighted by Crippen LogP contribution is -2.51. The molecule has 36 heavy (non-hydrogen) atoms. The zero-order valence-corrected chi connectivity index (χ0v) is 18.5. The van der Waals surface area contributed by atoms with E-state index in [1.165, 1.54) is 29.2 Å².